The highest BCUT2D eigenvalue weighted by Gasteiger charge is 2.30. The number of anilines is 1. The minimum Gasteiger partial charge on any atom is -0.298 e. The number of amides is 2. The van der Waals surface area contributed by atoms with Crippen LogP contribution >= 0.6 is 11.6 Å². The third-order valence-corrected chi connectivity index (χ3v) is 4.81. The largest absolute Gasteiger partial charge is 0.298 e. The minimum atomic E-state index is -0.360. The van der Waals surface area contributed by atoms with Gasteiger partial charge in [0.2, 0.25) is 0 Å². The Morgan fingerprint density at radius 2 is 1.78 bits per heavy atom. The summed E-state index contributed by atoms with van der Waals surface area (Å²) >= 11 is 5.88. The topological polar surface area (TPSA) is 61.8 Å². The highest BCUT2D eigenvalue weighted by Crippen LogP contribution is 2.36. The predicted octanol–water partition coefficient (Wildman–Crippen LogP) is 3.99. The number of hydrazone groups is 1. The lowest BCUT2D eigenvalue weighted by atomic mass is 10.1. The molecule has 0 aromatic heterocycles. The molecule has 5 nitrogen and oxygen atoms in total. The summed E-state index contributed by atoms with van der Waals surface area (Å²) in [5.41, 5.74) is 5.40. The number of carbonyl (C=O) groups excluding carboxylic acids is 2. The van der Waals surface area contributed by atoms with Gasteiger partial charge < -0.3 is 0 Å². The van der Waals surface area contributed by atoms with E-state index in [2.05, 4.69) is 10.5 Å². The third-order valence-electron chi connectivity index (χ3n) is 4.56. The molecule has 0 bridgehead atoms. The Balaban J connectivity index is 1.51. The summed E-state index contributed by atoms with van der Waals surface area (Å²) in [5, 5.41) is 6.63. The van der Waals surface area contributed by atoms with Crippen LogP contribution in [0.15, 0.2) is 65.8 Å². The van der Waals surface area contributed by atoms with Crippen LogP contribution in [0.5, 0.6) is 0 Å². The number of hydrogen-bond acceptors (Lipinski definition) is 3. The van der Waals surface area contributed by atoms with Gasteiger partial charge >= 0.3 is 0 Å². The maximum atomic E-state index is 12.7. The van der Waals surface area contributed by atoms with Crippen molar-refractivity contribution < 1.29 is 9.59 Å². The van der Waals surface area contributed by atoms with E-state index in [1.165, 1.54) is 4.90 Å². The van der Waals surface area contributed by atoms with E-state index in [4.69, 9.17) is 11.6 Å². The molecule has 27 heavy (non-hydrogen) atoms. The monoisotopic (exact) mass is 377 g/mol. The van der Waals surface area contributed by atoms with Crippen molar-refractivity contribution in [2.24, 2.45) is 5.10 Å². The van der Waals surface area contributed by atoms with E-state index < -0.39 is 0 Å². The van der Waals surface area contributed by atoms with E-state index in [0.29, 0.717) is 16.3 Å². The highest BCUT2D eigenvalue weighted by atomic mass is 35.5. The molecule has 1 aliphatic rings. The van der Waals surface area contributed by atoms with Crippen LogP contribution < -0.4 is 10.3 Å². The van der Waals surface area contributed by atoms with Crippen LogP contribution in [0.1, 0.15) is 22.8 Å². The summed E-state index contributed by atoms with van der Waals surface area (Å²) in [6.45, 7) is 1.70. The lowest BCUT2D eigenvalue weighted by molar-refractivity contribution is -0.119. The first kappa shape index (κ1) is 17.2. The summed E-state index contributed by atoms with van der Waals surface area (Å²) < 4.78 is 0. The van der Waals surface area contributed by atoms with Crippen LogP contribution in [0.4, 0.5) is 5.69 Å². The van der Waals surface area contributed by atoms with Crippen molar-refractivity contribution >= 4 is 45.6 Å². The molecule has 134 valence electrons. The van der Waals surface area contributed by atoms with E-state index in [9.17, 15) is 9.59 Å². The molecule has 1 aliphatic heterocycles. The number of halogens is 1. The number of nitrogens with one attached hydrogen (secondary N) is 1. The molecule has 0 radical (unpaired) electrons. The van der Waals surface area contributed by atoms with Gasteiger partial charge in [0.25, 0.3) is 11.8 Å². The summed E-state index contributed by atoms with van der Waals surface area (Å²) in [6.07, 6.45) is 0. The second kappa shape index (κ2) is 6.85. The SMILES string of the molecule is C/C(=N\NC(=O)CN1C(=O)c2cccc3cccc1c23)c1ccc(Cl)cc1. The number of hydrogen-bond donors (Lipinski definition) is 1. The molecule has 0 aliphatic carbocycles. The van der Waals surface area contributed by atoms with Gasteiger partial charge in [-0.05, 0) is 42.1 Å². The van der Waals surface area contributed by atoms with Gasteiger partial charge in [-0.1, -0.05) is 48.0 Å². The van der Waals surface area contributed by atoms with Gasteiger partial charge in [0.05, 0.1) is 11.4 Å². The summed E-state index contributed by atoms with van der Waals surface area (Å²) in [5.74, 6) is -0.531. The Hall–Kier alpha value is -3.18. The van der Waals surface area contributed by atoms with Crippen molar-refractivity contribution in [1.29, 1.82) is 0 Å². The van der Waals surface area contributed by atoms with Crippen LogP contribution in [0.3, 0.4) is 0 Å². The molecule has 6 heteroatoms. The average Bonchev–Trinajstić information content (AvgIpc) is 2.95. The Kier molecular flexibility index (Phi) is 4.38. The van der Waals surface area contributed by atoms with Crippen molar-refractivity contribution in [2.45, 2.75) is 6.92 Å². The molecule has 4 rings (SSSR count). The Bertz CT molecular complexity index is 1090. The van der Waals surface area contributed by atoms with Gasteiger partial charge in [-0.15, -0.1) is 0 Å². The number of nitrogens with zero attached hydrogens (tertiary/aromatic N) is 2. The quantitative estimate of drug-likeness (QED) is 0.552. The molecule has 0 saturated carbocycles. The molecule has 1 N–H and O–H groups in total. The second-order valence-electron chi connectivity index (χ2n) is 6.31. The molecular weight excluding hydrogens is 362 g/mol. The van der Waals surface area contributed by atoms with Gasteiger partial charge in [0.1, 0.15) is 6.54 Å². The van der Waals surface area contributed by atoms with Crippen molar-refractivity contribution in [1.82, 2.24) is 5.43 Å². The van der Waals surface area contributed by atoms with E-state index >= 15 is 0 Å². The minimum absolute atomic E-state index is 0.0932. The number of rotatable bonds is 4. The van der Waals surface area contributed by atoms with Crippen LogP contribution in [0, 0.1) is 0 Å². The number of benzene rings is 3. The van der Waals surface area contributed by atoms with E-state index in [-0.39, 0.29) is 18.4 Å². The van der Waals surface area contributed by atoms with E-state index in [1.807, 2.05) is 42.5 Å². The van der Waals surface area contributed by atoms with Crippen LogP contribution in [0.25, 0.3) is 10.8 Å². The van der Waals surface area contributed by atoms with Crippen molar-refractivity contribution in [3.05, 3.63) is 76.8 Å². The van der Waals surface area contributed by atoms with E-state index in [0.717, 1.165) is 22.0 Å². The third kappa shape index (κ3) is 3.17. The maximum absolute atomic E-state index is 12.7. The fourth-order valence-corrected chi connectivity index (χ4v) is 3.34. The van der Waals surface area contributed by atoms with Gasteiger partial charge in [-0.25, -0.2) is 5.43 Å². The molecule has 3 aromatic carbocycles. The number of carbonyl (C=O) groups is 2. The summed E-state index contributed by atoms with van der Waals surface area (Å²) in [7, 11) is 0. The normalized spacial score (nSPS) is 13.3. The molecule has 0 atom stereocenters. The Morgan fingerprint density at radius 3 is 2.52 bits per heavy atom. The van der Waals surface area contributed by atoms with Crippen LogP contribution in [-0.4, -0.2) is 24.1 Å². The second-order valence-corrected chi connectivity index (χ2v) is 6.75. The van der Waals surface area contributed by atoms with Crippen LogP contribution in [0.2, 0.25) is 5.02 Å². The molecule has 0 fully saturated rings. The first-order chi connectivity index (χ1) is 13.0. The molecule has 0 spiro atoms. The van der Waals surface area contributed by atoms with Crippen LogP contribution in [-0.2, 0) is 4.79 Å². The zero-order chi connectivity index (χ0) is 19.0. The lowest BCUT2D eigenvalue weighted by Gasteiger charge is -2.16. The molecule has 1 heterocycles. The van der Waals surface area contributed by atoms with E-state index in [1.54, 1.807) is 25.1 Å². The maximum Gasteiger partial charge on any atom is 0.260 e. The predicted molar refractivity (Wildman–Crippen MR) is 107 cm³/mol. The first-order valence-corrected chi connectivity index (χ1v) is 8.85. The standard InChI is InChI=1S/C21H16ClN3O2/c1-13(14-8-10-16(22)11-9-14)23-24-19(26)12-25-18-7-3-5-15-4-2-6-17(20(15)18)21(25)27/h2-11H,12H2,1H3,(H,24,26)/b23-13+. The Labute approximate surface area is 161 Å². The van der Waals surface area contributed by atoms with Gasteiger partial charge in [0.15, 0.2) is 0 Å². The van der Waals surface area contributed by atoms with Gasteiger partial charge in [-0.3, -0.25) is 14.5 Å². The zero-order valence-corrected chi connectivity index (χ0v) is 15.3. The Morgan fingerprint density at radius 1 is 1.07 bits per heavy atom. The molecule has 3 aromatic rings. The lowest BCUT2D eigenvalue weighted by Crippen LogP contribution is -2.37. The summed E-state index contributed by atoms with van der Waals surface area (Å²) in [4.78, 5) is 26.6. The average molecular weight is 378 g/mol. The van der Waals surface area contributed by atoms with Gasteiger partial charge in [0, 0.05) is 16.0 Å². The summed E-state index contributed by atoms with van der Waals surface area (Å²) in [6, 6.07) is 18.5. The molecule has 0 unspecified atom stereocenters. The van der Waals surface area contributed by atoms with Crippen molar-refractivity contribution in [2.75, 3.05) is 11.4 Å². The van der Waals surface area contributed by atoms with Crippen molar-refractivity contribution in [3.8, 4) is 0 Å². The zero-order valence-electron chi connectivity index (χ0n) is 14.6. The fourth-order valence-electron chi connectivity index (χ4n) is 3.22. The van der Waals surface area contributed by atoms with Gasteiger partial charge in [-0.2, -0.15) is 5.10 Å². The smallest absolute Gasteiger partial charge is 0.260 e. The van der Waals surface area contributed by atoms with Crippen molar-refractivity contribution in [3.63, 3.8) is 0 Å². The first-order valence-electron chi connectivity index (χ1n) is 8.47. The fraction of sp³-hybridized carbons (Fsp3) is 0.0952. The highest BCUT2D eigenvalue weighted by molar-refractivity contribution is 6.30. The molecule has 2 amide bonds. The molecular formula is C21H16ClN3O2. The molecule has 0 saturated heterocycles.